The molecule has 1 fully saturated rings. The highest BCUT2D eigenvalue weighted by Crippen LogP contribution is 2.23. The Balaban J connectivity index is 1.64. The van der Waals surface area contributed by atoms with Gasteiger partial charge >= 0.3 is 0 Å². The lowest BCUT2D eigenvalue weighted by atomic mass is 10.1. The minimum atomic E-state index is -0.189. The predicted molar refractivity (Wildman–Crippen MR) is 91.2 cm³/mol. The summed E-state index contributed by atoms with van der Waals surface area (Å²) in [6.45, 7) is 5.73. The molecule has 0 radical (unpaired) electrons. The lowest BCUT2D eigenvalue weighted by Crippen LogP contribution is -2.39. The number of benzene rings is 1. The predicted octanol–water partition coefficient (Wildman–Crippen LogP) is 3.54. The van der Waals surface area contributed by atoms with Crippen molar-refractivity contribution in [3.05, 3.63) is 34.7 Å². The van der Waals surface area contributed by atoms with Crippen molar-refractivity contribution >= 4 is 22.9 Å². The Kier molecular flexibility index (Phi) is 4.43. The Bertz CT molecular complexity index is 644. The standard InChI is InChI=1S/C17H21N3OS/c1-12(17(21)20-9-3-4-10-20)18-15-7-5-14(6-8-15)16-11-22-13(2)19-16/h5-8,11-12,18H,3-4,9-10H2,1-2H3. The number of carbonyl (C=O) groups is 1. The monoisotopic (exact) mass is 315 g/mol. The number of aryl methyl sites for hydroxylation is 1. The van der Waals surface area contributed by atoms with Crippen molar-refractivity contribution in [2.45, 2.75) is 32.7 Å². The van der Waals surface area contributed by atoms with E-state index in [1.165, 1.54) is 0 Å². The molecule has 4 nitrogen and oxygen atoms in total. The zero-order valence-electron chi connectivity index (χ0n) is 13.0. The summed E-state index contributed by atoms with van der Waals surface area (Å²) in [6.07, 6.45) is 2.25. The number of nitrogens with one attached hydrogen (secondary N) is 1. The molecule has 0 saturated carbocycles. The second kappa shape index (κ2) is 6.48. The zero-order valence-corrected chi connectivity index (χ0v) is 13.8. The molecule has 1 unspecified atom stereocenters. The van der Waals surface area contributed by atoms with Crippen molar-refractivity contribution in [2.24, 2.45) is 0 Å². The molecule has 0 spiro atoms. The van der Waals surface area contributed by atoms with Gasteiger partial charge in [-0.1, -0.05) is 12.1 Å². The van der Waals surface area contributed by atoms with E-state index < -0.39 is 0 Å². The highest BCUT2D eigenvalue weighted by molar-refractivity contribution is 7.09. The fourth-order valence-corrected chi connectivity index (χ4v) is 3.38. The van der Waals surface area contributed by atoms with E-state index >= 15 is 0 Å². The number of hydrogen-bond acceptors (Lipinski definition) is 4. The van der Waals surface area contributed by atoms with Crippen LogP contribution in [0.25, 0.3) is 11.3 Å². The molecule has 2 aromatic rings. The first-order chi connectivity index (χ1) is 10.6. The van der Waals surface area contributed by atoms with Crippen LogP contribution < -0.4 is 5.32 Å². The summed E-state index contributed by atoms with van der Waals surface area (Å²) in [5, 5.41) is 6.43. The lowest BCUT2D eigenvalue weighted by Gasteiger charge is -2.21. The number of likely N-dealkylation sites (tertiary alicyclic amines) is 1. The van der Waals surface area contributed by atoms with Gasteiger partial charge in [-0.2, -0.15) is 0 Å². The fourth-order valence-electron chi connectivity index (χ4n) is 2.76. The van der Waals surface area contributed by atoms with E-state index in [4.69, 9.17) is 0 Å². The van der Waals surface area contributed by atoms with E-state index in [1.807, 2.05) is 43.0 Å². The number of hydrogen-bond donors (Lipinski definition) is 1. The van der Waals surface area contributed by atoms with E-state index in [-0.39, 0.29) is 11.9 Å². The van der Waals surface area contributed by atoms with Gasteiger partial charge in [0.1, 0.15) is 6.04 Å². The van der Waals surface area contributed by atoms with Crippen LogP contribution in [0.15, 0.2) is 29.6 Å². The van der Waals surface area contributed by atoms with Gasteiger partial charge in [0, 0.05) is 29.7 Å². The Labute approximate surface area is 135 Å². The summed E-state index contributed by atoms with van der Waals surface area (Å²) in [6, 6.07) is 7.93. The van der Waals surface area contributed by atoms with E-state index in [9.17, 15) is 4.79 Å². The van der Waals surface area contributed by atoms with Crippen LogP contribution in [0.5, 0.6) is 0 Å². The van der Waals surface area contributed by atoms with Gasteiger partial charge in [0.05, 0.1) is 10.7 Å². The molecule has 0 bridgehead atoms. The number of thiazole rings is 1. The van der Waals surface area contributed by atoms with Crippen molar-refractivity contribution in [1.29, 1.82) is 0 Å². The first-order valence-electron chi connectivity index (χ1n) is 7.71. The average molecular weight is 315 g/mol. The van der Waals surface area contributed by atoms with Crippen molar-refractivity contribution < 1.29 is 4.79 Å². The van der Waals surface area contributed by atoms with Crippen molar-refractivity contribution in [3.8, 4) is 11.3 Å². The van der Waals surface area contributed by atoms with E-state index in [0.717, 1.165) is 47.9 Å². The van der Waals surface area contributed by atoms with Crippen LogP contribution >= 0.6 is 11.3 Å². The number of rotatable bonds is 4. The summed E-state index contributed by atoms with van der Waals surface area (Å²) >= 11 is 1.66. The Morgan fingerprint density at radius 1 is 1.27 bits per heavy atom. The third kappa shape index (κ3) is 3.30. The Morgan fingerprint density at radius 2 is 1.95 bits per heavy atom. The maximum Gasteiger partial charge on any atom is 0.244 e. The molecule has 116 valence electrons. The number of nitrogens with zero attached hydrogens (tertiary/aromatic N) is 2. The number of carbonyl (C=O) groups excluding carboxylic acids is 1. The van der Waals surface area contributed by atoms with Crippen molar-refractivity contribution in [3.63, 3.8) is 0 Å². The van der Waals surface area contributed by atoms with Gasteiger partial charge in [0.2, 0.25) is 5.91 Å². The van der Waals surface area contributed by atoms with Gasteiger partial charge in [-0.3, -0.25) is 4.79 Å². The summed E-state index contributed by atoms with van der Waals surface area (Å²) in [5.41, 5.74) is 3.08. The van der Waals surface area contributed by atoms with Crippen LogP contribution in [0, 0.1) is 6.92 Å². The van der Waals surface area contributed by atoms with Crippen LogP contribution in [0.1, 0.15) is 24.8 Å². The highest BCUT2D eigenvalue weighted by atomic mass is 32.1. The molecule has 3 rings (SSSR count). The van der Waals surface area contributed by atoms with Gasteiger partial charge in [0.15, 0.2) is 0 Å². The topological polar surface area (TPSA) is 45.2 Å². The molecule has 1 aromatic heterocycles. The molecule has 2 heterocycles. The third-order valence-electron chi connectivity index (χ3n) is 3.97. The molecule has 1 aliphatic heterocycles. The van der Waals surface area contributed by atoms with Crippen molar-refractivity contribution in [1.82, 2.24) is 9.88 Å². The van der Waals surface area contributed by atoms with Crippen LogP contribution in [-0.2, 0) is 4.79 Å². The second-order valence-corrected chi connectivity index (χ2v) is 6.79. The fraction of sp³-hybridized carbons (Fsp3) is 0.412. The molecular formula is C17H21N3OS. The summed E-state index contributed by atoms with van der Waals surface area (Å²) in [4.78, 5) is 18.7. The largest absolute Gasteiger partial charge is 0.374 e. The molecule has 1 aliphatic rings. The van der Waals surface area contributed by atoms with Crippen LogP contribution in [-0.4, -0.2) is 34.9 Å². The Hall–Kier alpha value is -1.88. The SMILES string of the molecule is Cc1nc(-c2ccc(NC(C)C(=O)N3CCCC3)cc2)cs1. The molecular weight excluding hydrogens is 294 g/mol. The maximum atomic E-state index is 12.3. The van der Waals surface area contributed by atoms with Gasteiger partial charge in [0.25, 0.3) is 0 Å². The molecule has 1 aromatic carbocycles. The van der Waals surface area contributed by atoms with E-state index in [2.05, 4.69) is 15.7 Å². The van der Waals surface area contributed by atoms with E-state index in [0.29, 0.717) is 0 Å². The maximum absolute atomic E-state index is 12.3. The average Bonchev–Trinajstić information content (AvgIpc) is 3.18. The number of amides is 1. The molecule has 1 N–H and O–H groups in total. The van der Waals surface area contributed by atoms with Crippen LogP contribution in [0.2, 0.25) is 0 Å². The summed E-state index contributed by atoms with van der Waals surface area (Å²) in [7, 11) is 0. The minimum absolute atomic E-state index is 0.189. The zero-order chi connectivity index (χ0) is 15.5. The van der Waals surface area contributed by atoms with Gasteiger partial charge in [-0.25, -0.2) is 4.98 Å². The smallest absolute Gasteiger partial charge is 0.244 e. The molecule has 1 amide bonds. The van der Waals surface area contributed by atoms with E-state index in [1.54, 1.807) is 11.3 Å². The van der Waals surface area contributed by atoms with Gasteiger partial charge in [-0.15, -0.1) is 11.3 Å². The van der Waals surface area contributed by atoms with Gasteiger partial charge in [-0.05, 0) is 38.8 Å². The molecule has 1 atom stereocenters. The molecule has 5 heteroatoms. The summed E-state index contributed by atoms with van der Waals surface area (Å²) in [5.74, 6) is 0.191. The minimum Gasteiger partial charge on any atom is -0.374 e. The number of anilines is 1. The third-order valence-corrected chi connectivity index (χ3v) is 4.74. The van der Waals surface area contributed by atoms with Crippen LogP contribution in [0.4, 0.5) is 5.69 Å². The second-order valence-electron chi connectivity index (χ2n) is 5.73. The van der Waals surface area contributed by atoms with Crippen LogP contribution in [0.3, 0.4) is 0 Å². The lowest BCUT2D eigenvalue weighted by molar-refractivity contribution is -0.130. The first kappa shape index (κ1) is 15.0. The Morgan fingerprint density at radius 3 is 2.55 bits per heavy atom. The molecule has 0 aliphatic carbocycles. The van der Waals surface area contributed by atoms with Gasteiger partial charge < -0.3 is 10.2 Å². The number of aromatic nitrogens is 1. The normalized spacial score (nSPS) is 15.8. The molecule has 1 saturated heterocycles. The van der Waals surface area contributed by atoms with Crippen molar-refractivity contribution in [2.75, 3.05) is 18.4 Å². The highest BCUT2D eigenvalue weighted by Gasteiger charge is 2.22. The molecule has 22 heavy (non-hydrogen) atoms. The first-order valence-corrected chi connectivity index (χ1v) is 8.59. The quantitative estimate of drug-likeness (QED) is 0.938. The summed E-state index contributed by atoms with van der Waals surface area (Å²) < 4.78 is 0.